The number of nitrogens with one attached hydrogen (secondary N) is 4. The van der Waals surface area contributed by atoms with Crippen LogP contribution in [0.3, 0.4) is 0 Å². The summed E-state index contributed by atoms with van der Waals surface area (Å²) < 4.78 is 0. The lowest BCUT2D eigenvalue weighted by Crippen LogP contribution is -2.39. The smallest absolute Gasteiger partial charge is 0.251 e. The molecular weight excluding hydrogens is 402 g/mol. The highest BCUT2D eigenvalue weighted by molar-refractivity contribution is 6.33. The zero-order valence-corrected chi connectivity index (χ0v) is 18.3. The summed E-state index contributed by atoms with van der Waals surface area (Å²) in [6.45, 7) is 3.02. The van der Waals surface area contributed by atoms with E-state index < -0.39 is 0 Å². The minimum Gasteiger partial charge on any atom is -0.356 e. The van der Waals surface area contributed by atoms with Gasteiger partial charge in [0.05, 0.1) is 10.7 Å². The molecule has 0 aliphatic carbocycles. The highest BCUT2D eigenvalue weighted by Crippen LogP contribution is 2.22. The van der Waals surface area contributed by atoms with E-state index in [1.165, 1.54) is 0 Å². The van der Waals surface area contributed by atoms with Gasteiger partial charge in [0, 0.05) is 39.2 Å². The van der Waals surface area contributed by atoms with Crippen LogP contribution in [-0.2, 0) is 11.2 Å². The Morgan fingerprint density at radius 3 is 2.53 bits per heavy atom. The van der Waals surface area contributed by atoms with Crippen molar-refractivity contribution in [3.05, 3.63) is 64.2 Å². The number of halogens is 1. The van der Waals surface area contributed by atoms with Gasteiger partial charge in [-0.05, 0) is 48.7 Å². The molecule has 8 heteroatoms. The summed E-state index contributed by atoms with van der Waals surface area (Å²) in [7, 11) is 3.29. The largest absolute Gasteiger partial charge is 0.356 e. The number of nitrogens with zero attached hydrogens (tertiary/aromatic N) is 1. The molecule has 2 aromatic carbocycles. The van der Waals surface area contributed by atoms with Crippen LogP contribution in [0.2, 0.25) is 5.02 Å². The Morgan fingerprint density at radius 1 is 1.07 bits per heavy atom. The predicted molar refractivity (Wildman–Crippen MR) is 122 cm³/mol. The maximum Gasteiger partial charge on any atom is 0.251 e. The summed E-state index contributed by atoms with van der Waals surface area (Å²) in [5.74, 6) is 0.376. The lowest BCUT2D eigenvalue weighted by Gasteiger charge is -2.12. The highest BCUT2D eigenvalue weighted by Gasteiger charge is 2.07. The van der Waals surface area contributed by atoms with Crippen molar-refractivity contribution in [3.63, 3.8) is 0 Å². The Bertz CT molecular complexity index is 914. The number of carbonyl (C=O) groups excluding carboxylic acids is 2. The Hall–Kier alpha value is -3.06. The number of anilines is 1. The third kappa shape index (κ3) is 7.40. The van der Waals surface area contributed by atoms with E-state index in [9.17, 15) is 9.59 Å². The molecule has 2 aromatic rings. The molecule has 0 aliphatic heterocycles. The number of amides is 2. The summed E-state index contributed by atoms with van der Waals surface area (Å²) in [4.78, 5) is 28.0. The molecule has 2 amide bonds. The quantitative estimate of drug-likeness (QED) is 0.383. The number of hydrogen-bond donors (Lipinski definition) is 4. The number of hydrogen-bond acceptors (Lipinski definition) is 3. The van der Waals surface area contributed by atoms with Crippen molar-refractivity contribution in [3.8, 4) is 0 Å². The minimum absolute atomic E-state index is 0.104. The van der Waals surface area contributed by atoms with Crippen LogP contribution in [0.1, 0.15) is 27.9 Å². The maximum atomic E-state index is 12.1. The highest BCUT2D eigenvalue weighted by atomic mass is 35.5. The molecule has 0 heterocycles. The van der Waals surface area contributed by atoms with Gasteiger partial charge in [-0.2, -0.15) is 0 Å². The van der Waals surface area contributed by atoms with Crippen molar-refractivity contribution in [2.45, 2.75) is 19.8 Å². The zero-order chi connectivity index (χ0) is 21.9. The van der Waals surface area contributed by atoms with Gasteiger partial charge in [0.2, 0.25) is 5.91 Å². The lowest BCUT2D eigenvalue weighted by atomic mass is 10.1. The van der Waals surface area contributed by atoms with E-state index in [1.54, 1.807) is 26.2 Å². The molecule has 0 fully saturated rings. The van der Waals surface area contributed by atoms with E-state index >= 15 is 0 Å². The second-order valence-corrected chi connectivity index (χ2v) is 7.14. The molecule has 0 aromatic heterocycles. The van der Waals surface area contributed by atoms with Crippen LogP contribution in [0.4, 0.5) is 5.69 Å². The van der Waals surface area contributed by atoms with Gasteiger partial charge in [0.1, 0.15) is 0 Å². The van der Waals surface area contributed by atoms with Crippen LogP contribution in [0, 0.1) is 6.92 Å². The average molecular weight is 430 g/mol. The van der Waals surface area contributed by atoms with Gasteiger partial charge in [0.25, 0.3) is 5.91 Å². The fraction of sp³-hybridized carbons (Fsp3) is 0.318. The van der Waals surface area contributed by atoms with Crippen molar-refractivity contribution >= 4 is 35.1 Å². The molecule has 0 bridgehead atoms. The molecule has 0 radical (unpaired) electrons. The molecular formula is C22H28ClN5O2. The summed E-state index contributed by atoms with van der Waals surface area (Å²) in [6, 6.07) is 13.0. The van der Waals surface area contributed by atoms with E-state index in [0.29, 0.717) is 35.3 Å². The van der Waals surface area contributed by atoms with Crippen molar-refractivity contribution in [2.24, 2.45) is 4.99 Å². The number of rotatable bonds is 8. The normalized spacial score (nSPS) is 11.0. The van der Waals surface area contributed by atoms with Gasteiger partial charge in [0.15, 0.2) is 5.96 Å². The summed E-state index contributed by atoms with van der Waals surface area (Å²) in [5.41, 5.74) is 3.33. The predicted octanol–water partition coefficient (Wildman–Crippen LogP) is 2.74. The Morgan fingerprint density at radius 2 is 1.83 bits per heavy atom. The van der Waals surface area contributed by atoms with Gasteiger partial charge in [-0.25, -0.2) is 0 Å². The van der Waals surface area contributed by atoms with Crippen LogP contribution >= 0.6 is 11.6 Å². The van der Waals surface area contributed by atoms with Gasteiger partial charge in [-0.3, -0.25) is 14.6 Å². The summed E-state index contributed by atoms with van der Waals surface area (Å²) >= 11 is 6.14. The first-order chi connectivity index (χ1) is 14.4. The third-order valence-electron chi connectivity index (χ3n) is 4.39. The summed E-state index contributed by atoms with van der Waals surface area (Å²) in [6.07, 6.45) is 1.01. The molecule has 160 valence electrons. The van der Waals surface area contributed by atoms with Crippen molar-refractivity contribution in [1.82, 2.24) is 16.0 Å². The Labute approximate surface area is 182 Å². The first kappa shape index (κ1) is 23.2. The number of aryl methyl sites for hydroxylation is 1. The van der Waals surface area contributed by atoms with Crippen molar-refractivity contribution in [2.75, 3.05) is 32.5 Å². The van der Waals surface area contributed by atoms with E-state index in [0.717, 1.165) is 17.5 Å². The van der Waals surface area contributed by atoms with Crippen LogP contribution < -0.4 is 21.3 Å². The summed E-state index contributed by atoms with van der Waals surface area (Å²) in [5, 5.41) is 12.3. The van der Waals surface area contributed by atoms with E-state index in [2.05, 4.69) is 26.3 Å². The monoisotopic (exact) mass is 429 g/mol. The van der Waals surface area contributed by atoms with Crippen LogP contribution in [0.15, 0.2) is 47.5 Å². The van der Waals surface area contributed by atoms with Crippen LogP contribution in [0.5, 0.6) is 0 Å². The first-order valence-electron chi connectivity index (χ1n) is 9.74. The van der Waals surface area contributed by atoms with Gasteiger partial charge in [-0.1, -0.05) is 29.8 Å². The van der Waals surface area contributed by atoms with Crippen molar-refractivity contribution < 1.29 is 9.59 Å². The van der Waals surface area contributed by atoms with Crippen molar-refractivity contribution in [1.29, 1.82) is 0 Å². The molecule has 2 rings (SSSR count). The van der Waals surface area contributed by atoms with E-state index in [4.69, 9.17) is 11.6 Å². The molecule has 30 heavy (non-hydrogen) atoms. The van der Waals surface area contributed by atoms with Crippen LogP contribution in [0.25, 0.3) is 0 Å². The molecule has 0 spiro atoms. The molecule has 0 saturated carbocycles. The molecule has 0 unspecified atom stereocenters. The fourth-order valence-corrected chi connectivity index (χ4v) is 3.07. The second-order valence-electron chi connectivity index (χ2n) is 6.74. The standard InChI is InChI=1S/C22H28ClN5O2/c1-15-7-8-19(18(23)13-15)28-20(29)10-12-27-22(25-3)26-11-9-16-5-4-6-17(14-16)21(30)24-2/h4-8,13-14H,9-12H2,1-3H3,(H,24,30)(H,28,29)(H2,25,26,27). The fourth-order valence-electron chi connectivity index (χ4n) is 2.79. The zero-order valence-electron chi connectivity index (χ0n) is 17.5. The number of benzene rings is 2. The average Bonchev–Trinajstić information content (AvgIpc) is 2.74. The lowest BCUT2D eigenvalue weighted by molar-refractivity contribution is -0.116. The number of aliphatic imine (C=N–C) groups is 1. The molecule has 4 N–H and O–H groups in total. The number of carbonyl (C=O) groups is 2. The molecule has 7 nitrogen and oxygen atoms in total. The van der Waals surface area contributed by atoms with Crippen LogP contribution in [-0.4, -0.2) is 45.0 Å². The maximum absolute atomic E-state index is 12.1. The molecule has 0 aliphatic rings. The van der Waals surface area contributed by atoms with Gasteiger partial charge >= 0.3 is 0 Å². The number of guanidine groups is 1. The molecule has 0 atom stereocenters. The molecule has 0 saturated heterocycles. The SMILES string of the molecule is CN=C(NCCC(=O)Nc1ccc(C)cc1Cl)NCCc1cccc(C(=O)NC)c1. The first-order valence-corrected chi connectivity index (χ1v) is 10.1. The third-order valence-corrected chi connectivity index (χ3v) is 4.70. The van der Waals surface area contributed by atoms with E-state index in [1.807, 2.05) is 37.3 Å². The van der Waals surface area contributed by atoms with Gasteiger partial charge < -0.3 is 21.3 Å². The second kappa shape index (κ2) is 11.8. The minimum atomic E-state index is -0.130. The topological polar surface area (TPSA) is 94.6 Å². The Balaban J connectivity index is 1.73. The van der Waals surface area contributed by atoms with Gasteiger partial charge in [-0.15, -0.1) is 0 Å². The Kier molecular flexibility index (Phi) is 9.15. The van der Waals surface area contributed by atoms with E-state index in [-0.39, 0.29) is 18.2 Å².